The topological polar surface area (TPSA) is 73.1 Å². The standard InChI is InChI=1S/C19H17BrFN5O2/c20-14-9-22-19(23-10-14)25-6-7-28-16(11-25)12-26-18(27)5-4-17(24-26)13-2-1-3-15(21)8-13/h1-5,8-10,16H,6-7,11-12H2/t16-/m0/s1. The average molecular weight is 446 g/mol. The minimum Gasteiger partial charge on any atom is -0.373 e. The van der Waals surface area contributed by atoms with E-state index in [1.54, 1.807) is 30.6 Å². The van der Waals surface area contributed by atoms with E-state index in [-0.39, 0.29) is 24.0 Å². The maximum absolute atomic E-state index is 13.5. The maximum atomic E-state index is 13.5. The van der Waals surface area contributed by atoms with Crippen molar-refractivity contribution in [2.75, 3.05) is 24.6 Å². The van der Waals surface area contributed by atoms with E-state index in [9.17, 15) is 9.18 Å². The van der Waals surface area contributed by atoms with Gasteiger partial charge in [0.05, 0.1) is 29.4 Å². The molecule has 1 aromatic carbocycles. The molecule has 1 fully saturated rings. The molecule has 9 heteroatoms. The number of hydrogen-bond donors (Lipinski definition) is 0. The van der Waals surface area contributed by atoms with Crippen molar-refractivity contribution in [2.24, 2.45) is 0 Å². The largest absolute Gasteiger partial charge is 0.373 e. The number of anilines is 1. The summed E-state index contributed by atoms with van der Waals surface area (Å²) >= 11 is 3.33. The van der Waals surface area contributed by atoms with Crippen LogP contribution in [-0.4, -0.2) is 45.5 Å². The quantitative estimate of drug-likeness (QED) is 0.614. The van der Waals surface area contributed by atoms with Crippen LogP contribution in [0.4, 0.5) is 10.3 Å². The Morgan fingerprint density at radius 3 is 2.82 bits per heavy atom. The number of aromatic nitrogens is 4. The van der Waals surface area contributed by atoms with Crippen LogP contribution < -0.4 is 10.5 Å². The van der Waals surface area contributed by atoms with Gasteiger partial charge in [0.25, 0.3) is 5.56 Å². The van der Waals surface area contributed by atoms with E-state index < -0.39 is 0 Å². The monoisotopic (exact) mass is 445 g/mol. The van der Waals surface area contributed by atoms with Gasteiger partial charge in [0.1, 0.15) is 5.82 Å². The first-order chi connectivity index (χ1) is 13.6. The Hall–Kier alpha value is -2.65. The van der Waals surface area contributed by atoms with Crippen molar-refractivity contribution in [2.45, 2.75) is 12.6 Å². The van der Waals surface area contributed by atoms with Crippen LogP contribution in [0.1, 0.15) is 0 Å². The van der Waals surface area contributed by atoms with Gasteiger partial charge in [-0.3, -0.25) is 4.79 Å². The van der Waals surface area contributed by atoms with E-state index in [1.165, 1.54) is 22.9 Å². The summed E-state index contributed by atoms with van der Waals surface area (Å²) in [6.45, 7) is 2.00. The zero-order valence-corrected chi connectivity index (χ0v) is 16.4. The molecule has 1 aliphatic heterocycles. The molecule has 0 saturated carbocycles. The Morgan fingerprint density at radius 2 is 2.04 bits per heavy atom. The van der Waals surface area contributed by atoms with E-state index in [0.717, 1.165) is 4.47 Å². The number of morpholine rings is 1. The molecule has 0 aliphatic carbocycles. The molecule has 144 valence electrons. The molecule has 7 nitrogen and oxygen atoms in total. The van der Waals surface area contributed by atoms with Crippen LogP contribution in [0.5, 0.6) is 0 Å². The normalized spacial score (nSPS) is 16.9. The highest BCUT2D eigenvalue weighted by molar-refractivity contribution is 9.10. The molecule has 0 amide bonds. The summed E-state index contributed by atoms with van der Waals surface area (Å²) in [5.41, 5.74) is 0.909. The van der Waals surface area contributed by atoms with Gasteiger partial charge in [0.2, 0.25) is 5.95 Å². The molecule has 4 rings (SSSR count). The van der Waals surface area contributed by atoms with Gasteiger partial charge >= 0.3 is 0 Å². The number of halogens is 2. The van der Waals surface area contributed by atoms with Gasteiger partial charge in [-0.15, -0.1) is 0 Å². The van der Waals surface area contributed by atoms with Crippen LogP contribution in [0, 0.1) is 5.82 Å². The lowest BCUT2D eigenvalue weighted by atomic mass is 10.1. The molecule has 1 atom stereocenters. The predicted octanol–water partition coefficient (Wildman–Crippen LogP) is 2.51. The van der Waals surface area contributed by atoms with Gasteiger partial charge in [-0.25, -0.2) is 19.0 Å². The molecule has 1 aliphatic rings. The fourth-order valence-electron chi connectivity index (χ4n) is 3.05. The zero-order valence-electron chi connectivity index (χ0n) is 14.8. The molecular formula is C19H17BrFN5O2. The van der Waals surface area contributed by atoms with Gasteiger partial charge in [0.15, 0.2) is 0 Å². The van der Waals surface area contributed by atoms with Gasteiger partial charge in [-0.05, 0) is 34.1 Å². The summed E-state index contributed by atoms with van der Waals surface area (Å²) in [6, 6.07) is 9.16. The number of ether oxygens (including phenoxy) is 1. The first-order valence-electron chi connectivity index (χ1n) is 8.77. The van der Waals surface area contributed by atoms with E-state index in [1.807, 2.05) is 4.90 Å². The molecule has 3 heterocycles. The SMILES string of the molecule is O=c1ccc(-c2cccc(F)c2)nn1C[C@@H]1CN(c2ncc(Br)cn2)CCO1. The molecule has 0 unspecified atom stereocenters. The van der Waals surface area contributed by atoms with E-state index in [4.69, 9.17) is 4.74 Å². The van der Waals surface area contributed by atoms with Crippen LogP contribution in [0.2, 0.25) is 0 Å². The van der Waals surface area contributed by atoms with Crippen molar-refractivity contribution < 1.29 is 9.13 Å². The molecule has 0 spiro atoms. The fraction of sp³-hybridized carbons (Fsp3) is 0.263. The average Bonchev–Trinajstić information content (AvgIpc) is 2.70. The second kappa shape index (κ2) is 8.15. The van der Waals surface area contributed by atoms with E-state index in [2.05, 4.69) is 31.0 Å². The van der Waals surface area contributed by atoms with Crippen molar-refractivity contribution in [1.82, 2.24) is 19.7 Å². The second-order valence-electron chi connectivity index (χ2n) is 6.39. The highest BCUT2D eigenvalue weighted by Gasteiger charge is 2.23. The van der Waals surface area contributed by atoms with Gasteiger partial charge in [-0.2, -0.15) is 5.10 Å². The third-order valence-corrected chi connectivity index (χ3v) is 4.80. The minimum atomic E-state index is -0.349. The van der Waals surface area contributed by atoms with E-state index >= 15 is 0 Å². The Balaban J connectivity index is 1.52. The van der Waals surface area contributed by atoms with Crippen molar-refractivity contribution in [3.8, 4) is 11.3 Å². The van der Waals surface area contributed by atoms with Crippen molar-refractivity contribution in [3.63, 3.8) is 0 Å². The highest BCUT2D eigenvalue weighted by atomic mass is 79.9. The van der Waals surface area contributed by atoms with Crippen LogP contribution >= 0.6 is 15.9 Å². The lowest BCUT2D eigenvalue weighted by Crippen LogP contribution is -2.46. The number of benzene rings is 1. The Kier molecular flexibility index (Phi) is 5.45. The second-order valence-corrected chi connectivity index (χ2v) is 7.31. The maximum Gasteiger partial charge on any atom is 0.266 e. The van der Waals surface area contributed by atoms with Crippen molar-refractivity contribution in [1.29, 1.82) is 0 Å². The van der Waals surface area contributed by atoms with Crippen molar-refractivity contribution >= 4 is 21.9 Å². The molecule has 0 radical (unpaired) electrons. The first kappa shape index (κ1) is 18.7. The summed E-state index contributed by atoms with van der Waals surface area (Å²) < 4.78 is 21.5. The predicted molar refractivity (Wildman–Crippen MR) is 106 cm³/mol. The number of hydrogen-bond acceptors (Lipinski definition) is 6. The highest BCUT2D eigenvalue weighted by Crippen LogP contribution is 2.18. The van der Waals surface area contributed by atoms with Gasteiger partial charge in [-0.1, -0.05) is 12.1 Å². The summed E-state index contributed by atoms with van der Waals surface area (Å²) in [6.07, 6.45) is 3.15. The first-order valence-corrected chi connectivity index (χ1v) is 9.56. The zero-order chi connectivity index (χ0) is 19.5. The third kappa shape index (κ3) is 4.26. The third-order valence-electron chi connectivity index (χ3n) is 4.39. The fourth-order valence-corrected chi connectivity index (χ4v) is 3.26. The summed E-state index contributed by atoms with van der Waals surface area (Å²) in [5, 5.41) is 4.39. The molecule has 0 bridgehead atoms. The molecular weight excluding hydrogens is 429 g/mol. The van der Waals surface area contributed by atoms with Crippen molar-refractivity contribution in [3.05, 3.63) is 69.4 Å². The minimum absolute atomic E-state index is 0.235. The Labute approximate surface area is 168 Å². The van der Waals surface area contributed by atoms with Crippen LogP contribution in [-0.2, 0) is 11.3 Å². The lowest BCUT2D eigenvalue weighted by molar-refractivity contribution is 0.0260. The number of rotatable bonds is 4. The summed E-state index contributed by atoms with van der Waals surface area (Å²) in [4.78, 5) is 22.9. The number of nitrogens with zero attached hydrogens (tertiary/aromatic N) is 5. The smallest absolute Gasteiger partial charge is 0.266 e. The van der Waals surface area contributed by atoms with Gasteiger partial charge in [0, 0.05) is 37.1 Å². The summed E-state index contributed by atoms with van der Waals surface area (Å²) in [5.74, 6) is 0.267. The molecule has 0 N–H and O–H groups in total. The van der Waals surface area contributed by atoms with Crippen LogP contribution in [0.3, 0.4) is 0 Å². The molecule has 1 saturated heterocycles. The molecule has 28 heavy (non-hydrogen) atoms. The van der Waals surface area contributed by atoms with E-state index in [0.29, 0.717) is 36.9 Å². The van der Waals surface area contributed by atoms with Gasteiger partial charge < -0.3 is 9.64 Å². The molecule has 3 aromatic rings. The van der Waals surface area contributed by atoms with Crippen LogP contribution in [0.25, 0.3) is 11.3 Å². The molecule has 2 aromatic heterocycles. The Bertz CT molecular complexity index is 1030. The Morgan fingerprint density at radius 1 is 1.21 bits per heavy atom. The summed E-state index contributed by atoms with van der Waals surface area (Å²) in [7, 11) is 0. The van der Waals surface area contributed by atoms with Crippen LogP contribution in [0.15, 0.2) is 58.1 Å². The lowest BCUT2D eigenvalue weighted by Gasteiger charge is -2.32.